The van der Waals surface area contributed by atoms with Crippen molar-refractivity contribution in [1.82, 2.24) is 5.32 Å². The fraction of sp³-hybridized carbons (Fsp3) is 0.273. The molecule has 0 unspecified atom stereocenters. The Kier molecular flexibility index (Phi) is 8.68. The van der Waals surface area contributed by atoms with Crippen molar-refractivity contribution in [3.63, 3.8) is 0 Å². The highest BCUT2D eigenvalue weighted by Crippen LogP contribution is 2.31. The summed E-state index contributed by atoms with van der Waals surface area (Å²) in [6, 6.07) is 7.25. The van der Waals surface area contributed by atoms with Crippen LogP contribution in [0.4, 0.5) is 26.3 Å². The number of nitrogens with two attached hydrogens (primary N) is 1. The number of halogens is 6. The lowest BCUT2D eigenvalue weighted by Crippen LogP contribution is -2.28. The summed E-state index contributed by atoms with van der Waals surface area (Å²) < 4.78 is 80.8. The van der Waals surface area contributed by atoms with E-state index in [1.54, 1.807) is 0 Å². The maximum absolute atomic E-state index is 12.8. The molecule has 0 aliphatic heterocycles. The SMILES string of the molecule is NC(=O)c1ccc(OCCC(F)(F)F)cc1/C(=C/c1ccc(C(F)(F)F)cc1)C(=O)NCCO. The predicted molar refractivity (Wildman–Crippen MR) is 111 cm³/mol. The summed E-state index contributed by atoms with van der Waals surface area (Å²) in [7, 11) is 0. The zero-order valence-electron chi connectivity index (χ0n) is 17.5. The smallest absolute Gasteiger partial charge is 0.416 e. The highest BCUT2D eigenvalue weighted by Gasteiger charge is 2.30. The van der Waals surface area contributed by atoms with Crippen LogP contribution in [0.3, 0.4) is 0 Å². The van der Waals surface area contributed by atoms with Gasteiger partial charge in [0.2, 0.25) is 5.91 Å². The van der Waals surface area contributed by atoms with Crippen LogP contribution in [0.15, 0.2) is 42.5 Å². The number of alkyl halides is 6. The number of hydrogen-bond donors (Lipinski definition) is 3. The number of benzene rings is 2. The van der Waals surface area contributed by atoms with Crippen molar-refractivity contribution in [3.05, 3.63) is 64.7 Å². The van der Waals surface area contributed by atoms with E-state index in [1.807, 2.05) is 0 Å². The molecule has 184 valence electrons. The zero-order valence-corrected chi connectivity index (χ0v) is 17.5. The first-order valence-electron chi connectivity index (χ1n) is 9.73. The van der Waals surface area contributed by atoms with Gasteiger partial charge in [0.25, 0.3) is 5.91 Å². The third-order valence-corrected chi connectivity index (χ3v) is 4.39. The maximum Gasteiger partial charge on any atom is 0.416 e. The minimum absolute atomic E-state index is 0.0995. The second-order valence-corrected chi connectivity index (χ2v) is 6.94. The van der Waals surface area contributed by atoms with Crippen molar-refractivity contribution in [2.45, 2.75) is 18.8 Å². The van der Waals surface area contributed by atoms with Crippen molar-refractivity contribution >= 4 is 23.5 Å². The van der Waals surface area contributed by atoms with Crippen LogP contribution < -0.4 is 15.8 Å². The number of aliphatic hydroxyl groups excluding tert-OH is 1. The van der Waals surface area contributed by atoms with Gasteiger partial charge in [0, 0.05) is 23.2 Å². The van der Waals surface area contributed by atoms with Crippen molar-refractivity contribution in [1.29, 1.82) is 0 Å². The molecule has 0 fully saturated rings. The lowest BCUT2D eigenvalue weighted by Gasteiger charge is -2.15. The summed E-state index contributed by atoms with van der Waals surface area (Å²) in [5.41, 5.74) is 4.07. The molecule has 0 aliphatic rings. The summed E-state index contributed by atoms with van der Waals surface area (Å²) in [6.45, 7) is -1.34. The summed E-state index contributed by atoms with van der Waals surface area (Å²) in [4.78, 5) is 24.7. The molecule has 4 N–H and O–H groups in total. The van der Waals surface area contributed by atoms with E-state index in [9.17, 15) is 35.9 Å². The van der Waals surface area contributed by atoms with Crippen molar-refractivity contribution in [3.8, 4) is 5.75 Å². The molecule has 2 aromatic carbocycles. The Labute approximate surface area is 190 Å². The summed E-state index contributed by atoms with van der Waals surface area (Å²) in [6.07, 6.45) is -9.11. The second-order valence-electron chi connectivity index (χ2n) is 6.94. The van der Waals surface area contributed by atoms with E-state index in [0.29, 0.717) is 0 Å². The van der Waals surface area contributed by atoms with Gasteiger partial charge >= 0.3 is 12.4 Å². The molecule has 0 atom stereocenters. The van der Waals surface area contributed by atoms with Crippen molar-refractivity contribution < 1.29 is 45.8 Å². The average Bonchev–Trinajstić information content (AvgIpc) is 2.74. The number of carbonyl (C=O) groups is 2. The molecule has 0 spiro atoms. The number of ether oxygens (including phenoxy) is 1. The molecule has 0 bridgehead atoms. The van der Waals surface area contributed by atoms with Crippen LogP contribution >= 0.6 is 0 Å². The van der Waals surface area contributed by atoms with Gasteiger partial charge in [-0.1, -0.05) is 12.1 Å². The summed E-state index contributed by atoms with van der Waals surface area (Å²) in [5.74, 6) is -1.88. The fourth-order valence-corrected chi connectivity index (χ4v) is 2.80. The van der Waals surface area contributed by atoms with E-state index in [1.165, 1.54) is 12.1 Å². The van der Waals surface area contributed by atoms with Gasteiger partial charge in [-0.15, -0.1) is 0 Å². The standard InChI is InChI=1S/C22H20F6N2O4/c23-21(24,25)7-10-34-15-5-6-16(19(29)32)17(12-15)18(20(33)30-8-9-31)11-13-1-3-14(4-2-13)22(26,27)28/h1-6,11-12,31H,7-10H2,(H2,29,32)(H,30,33)/b18-11-. The van der Waals surface area contributed by atoms with Gasteiger partial charge in [-0.25, -0.2) is 0 Å². The molecule has 34 heavy (non-hydrogen) atoms. The lowest BCUT2D eigenvalue weighted by atomic mass is 9.95. The van der Waals surface area contributed by atoms with Crippen LogP contribution in [0, 0.1) is 0 Å². The number of rotatable bonds is 9. The van der Waals surface area contributed by atoms with Crippen molar-refractivity contribution in [2.75, 3.05) is 19.8 Å². The third-order valence-electron chi connectivity index (χ3n) is 4.39. The monoisotopic (exact) mass is 490 g/mol. The molecule has 2 rings (SSSR count). The highest BCUT2D eigenvalue weighted by atomic mass is 19.4. The lowest BCUT2D eigenvalue weighted by molar-refractivity contribution is -0.139. The molecule has 12 heteroatoms. The molecule has 0 saturated heterocycles. The van der Waals surface area contributed by atoms with Crippen LogP contribution in [0.2, 0.25) is 0 Å². The Morgan fingerprint density at radius 2 is 1.65 bits per heavy atom. The Hall–Kier alpha value is -3.54. The van der Waals surface area contributed by atoms with E-state index in [0.717, 1.165) is 36.4 Å². The average molecular weight is 490 g/mol. The van der Waals surface area contributed by atoms with E-state index < -0.39 is 49.4 Å². The molecular formula is C22H20F6N2O4. The van der Waals surface area contributed by atoms with E-state index >= 15 is 0 Å². The largest absolute Gasteiger partial charge is 0.493 e. The maximum atomic E-state index is 12.8. The van der Waals surface area contributed by atoms with Gasteiger partial charge in [0.1, 0.15) is 5.75 Å². The minimum Gasteiger partial charge on any atom is -0.493 e. The quantitative estimate of drug-likeness (QED) is 0.283. The van der Waals surface area contributed by atoms with Gasteiger partial charge in [-0.2, -0.15) is 26.3 Å². The van der Waals surface area contributed by atoms with Gasteiger partial charge in [-0.05, 0) is 42.0 Å². The molecule has 2 aromatic rings. The number of aliphatic hydroxyl groups is 1. The number of primary amides is 1. The van der Waals surface area contributed by atoms with E-state index in [2.05, 4.69) is 5.32 Å². The van der Waals surface area contributed by atoms with E-state index in [-0.39, 0.29) is 34.6 Å². The third kappa shape index (κ3) is 7.80. The molecule has 0 aliphatic carbocycles. The topological polar surface area (TPSA) is 102 Å². The molecule has 6 nitrogen and oxygen atoms in total. The first kappa shape index (κ1) is 26.7. The molecular weight excluding hydrogens is 470 g/mol. The second kappa shape index (κ2) is 11.1. The summed E-state index contributed by atoms with van der Waals surface area (Å²) in [5, 5.41) is 11.3. The predicted octanol–water partition coefficient (Wildman–Crippen LogP) is 3.78. The first-order chi connectivity index (χ1) is 15.8. The number of nitrogens with one attached hydrogen (secondary N) is 1. The number of carbonyl (C=O) groups excluding carboxylic acids is 2. The zero-order chi connectivity index (χ0) is 25.5. The Morgan fingerprint density at radius 3 is 2.18 bits per heavy atom. The molecule has 2 amide bonds. The van der Waals surface area contributed by atoms with Crippen LogP contribution in [-0.4, -0.2) is 42.9 Å². The molecule has 0 saturated carbocycles. The number of amides is 2. The van der Waals surface area contributed by atoms with Crippen LogP contribution in [-0.2, 0) is 11.0 Å². The van der Waals surface area contributed by atoms with E-state index in [4.69, 9.17) is 15.6 Å². The molecule has 0 radical (unpaired) electrons. The Balaban J connectivity index is 2.53. The van der Waals surface area contributed by atoms with Gasteiger partial charge in [0.15, 0.2) is 0 Å². The van der Waals surface area contributed by atoms with Gasteiger partial charge in [-0.3, -0.25) is 9.59 Å². The summed E-state index contributed by atoms with van der Waals surface area (Å²) >= 11 is 0. The van der Waals surface area contributed by atoms with Gasteiger partial charge in [0.05, 0.1) is 25.2 Å². The van der Waals surface area contributed by atoms with Gasteiger partial charge < -0.3 is 20.9 Å². The van der Waals surface area contributed by atoms with Crippen LogP contribution in [0.5, 0.6) is 5.75 Å². The fourth-order valence-electron chi connectivity index (χ4n) is 2.80. The Morgan fingerprint density at radius 1 is 1.00 bits per heavy atom. The molecule has 0 aromatic heterocycles. The number of hydrogen-bond acceptors (Lipinski definition) is 4. The Bertz CT molecular complexity index is 1050. The molecule has 0 heterocycles. The van der Waals surface area contributed by atoms with Crippen LogP contribution in [0.1, 0.15) is 33.5 Å². The van der Waals surface area contributed by atoms with Crippen LogP contribution in [0.25, 0.3) is 11.6 Å². The first-order valence-corrected chi connectivity index (χ1v) is 9.73. The minimum atomic E-state index is -4.58. The van der Waals surface area contributed by atoms with Crippen molar-refractivity contribution in [2.24, 2.45) is 5.73 Å². The normalized spacial score (nSPS) is 12.4. The highest BCUT2D eigenvalue weighted by molar-refractivity contribution is 6.26.